The van der Waals surface area contributed by atoms with E-state index in [1.54, 1.807) is 6.07 Å². The van der Waals surface area contributed by atoms with Gasteiger partial charge in [-0.1, -0.05) is 38.1 Å². The summed E-state index contributed by atoms with van der Waals surface area (Å²) in [4.78, 5) is 11.3. The summed E-state index contributed by atoms with van der Waals surface area (Å²) >= 11 is 0. The number of amides is 1. The normalized spacial score (nSPS) is 12.4. The number of hydrogen-bond acceptors (Lipinski definition) is 5. The molecule has 0 unspecified atom stereocenters. The summed E-state index contributed by atoms with van der Waals surface area (Å²) < 4.78 is 5.39. The average Bonchev–Trinajstić information content (AvgIpc) is 3.05. The molecule has 0 bridgehead atoms. The highest BCUT2D eigenvalue weighted by Gasteiger charge is 2.12. The number of rotatable bonds is 7. The van der Waals surface area contributed by atoms with Crippen molar-refractivity contribution in [2.45, 2.75) is 26.4 Å². The predicted molar refractivity (Wildman–Crippen MR) is 85.9 cm³/mol. The Kier molecular flexibility index (Phi) is 5.92. The van der Waals surface area contributed by atoms with E-state index in [-0.39, 0.29) is 18.4 Å². The fourth-order valence-electron chi connectivity index (χ4n) is 2.22. The van der Waals surface area contributed by atoms with Crippen molar-refractivity contribution in [1.29, 1.82) is 0 Å². The topological polar surface area (TPSA) is 94.7 Å². The largest absolute Gasteiger partial charge is 0.451 e. The van der Waals surface area contributed by atoms with Gasteiger partial charge < -0.3 is 14.8 Å². The number of hydrogen-bond donors (Lipinski definition) is 4. The maximum atomic E-state index is 11.3. The molecule has 2 aromatic rings. The molecule has 6 nitrogen and oxygen atoms in total. The number of hydroxylamine groups is 1. The molecule has 1 heterocycles. The minimum absolute atomic E-state index is 0.0518. The summed E-state index contributed by atoms with van der Waals surface area (Å²) in [5, 5.41) is 21.2. The smallest absolute Gasteiger partial charge is 0.310 e. The van der Waals surface area contributed by atoms with E-state index >= 15 is 0 Å². The zero-order chi connectivity index (χ0) is 16.8. The van der Waals surface area contributed by atoms with E-state index < -0.39 is 5.91 Å². The summed E-state index contributed by atoms with van der Waals surface area (Å²) in [6.07, 6.45) is 0. The number of nitrogens with one attached hydrogen (secondary N) is 2. The van der Waals surface area contributed by atoms with Gasteiger partial charge in [-0.25, -0.2) is 5.48 Å². The van der Waals surface area contributed by atoms with Crippen LogP contribution in [-0.2, 0) is 6.54 Å². The van der Waals surface area contributed by atoms with Crippen LogP contribution in [0.5, 0.6) is 0 Å². The van der Waals surface area contributed by atoms with Crippen molar-refractivity contribution >= 4 is 5.91 Å². The zero-order valence-corrected chi connectivity index (χ0v) is 13.2. The molecule has 6 heteroatoms. The third-order valence-electron chi connectivity index (χ3n) is 3.74. The molecule has 1 amide bonds. The van der Waals surface area contributed by atoms with Crippen LogP contribution in [0.3, 0.4) is 0 Å². The maximum absolute atomic E-state index is 11.3. The second kappa shape index (κ2) is 7.92. The van der Waals surface area contributed by atoms with Crippen LogP contribution in [0, 0.1) is 5.92 Å². The summed E-state index contributed by atoms with van der Waals surface area (Å²) in [5.74, 6) is 0.286. The SMILES string of the molecule is CC(C)[C@@H](CO)NCc1ccc(-c2ccc(C(=O)NO)o2)cc1. The van der Waals surface area contributed by atoms with Crippen molar-refractivity contribution in [3.63, 3.8) is 0 Å². The zero-order valence-electron chi connectivity index (χ0n) is 13.2. The summed E-state index contributed by atoms with van der Waals surface area (Å²) in [5.41, 5.74) is 3.47. The van der Waals surface area contributed by atoms with Crippen molar-refractivity contribution in [2.24, 2.45) is 5.92 Å². The van der Waals surface area contributed by atoms with Crippen LogP contribution in [0.1, 0.15) is 30.0 Å². The van der Waals surface area contributed by atoms with Gasteiger partial charge in [0, 0.05) is 18.2 Å². The number of furan rings is 1. The van der Waals surface area contributed by atoms with Gasteiger partial charge in [0.25, 0.3) is 0 Å². The number of aliphatic hydroxyl groups is 1. The van der Waals surface area contributed by atoms with E-state index in [0.29, 0.717) is 18.2 Å². The second-order valence-corrected chi connectivity index (χ2v) is 5.72. The van der Waals surface area contributed by atoms with Crippen LogP contribution in [0.2, 0.25) is 0 Å². The van der Waals surface area contributed by atoms with Crippen molar-refractivity contribution in [3.05, 3.63) is 47.7 Å². The Hall–Kier alpha value is -2.15. The third-order valence-corrected chi connectivity index (χ3v) is 3.74. The molecular formula is C17H22N2O4. The third kappa shape index (κ3) is 4.41. The highest BCUT2D eigenvalue weighted by Crippen LogP contribution is 2.22. The lowest BCUT2D eigenvalue weighted by Gasteiger charge is -2.19. The minimum Gasteiger partial charge on any atom is -0.451 e. The Morgan fingerprint density at radius 2 is 1.87 bits per heavy atom. The van der Waals surface area contributed by atoms with Crippen LogP contribution >= 0.6 is 0 Å². The number of aliphatic hydroxyl groups excluding tert-OH is 1. The number of carbonyl (C=O) groups is 1. The molecule has 0 spiro atoms. The Morgan fingerprint density at radius 1 is 1.17 bits per heavy atom. The average molecular weight is 318 g/mol. The number of carbonyl (C=O) groups excluding carboxylic acids is 1. The van der Waals surface area contributed by atoms with Crippen LogP contribution in [0.15, 0.2) is 40.8 Å². The van der Waals surface area contributed by atoms with Gasteiger partial charge in [-0.2, -0.15) is 0 Å². The van der Waals surface area contributed by atoms with E-state index in [0.717, 1.165) is 11.1 Å². The van der Waals surface area contributed by atoms with Gasteiger partial charge in [0.05, 0.1) is 6.61 Å². The van der Waals surface area contributed by atoms with Crippen LogP contribution in [-0.4, -0.2) is 28.9 Å². The molecule has 1 aromatic carbocycles. The lowest BCUT2D eigenvalue weighted by molar-refractivity contribution is 0.0677. The highest BCUT2D eigenvalue weighted by molar-refractivity contribution is 5.91. The van der Waals surface area contributed by atoms with Crippen molar-refractivity contribution in [2.75, 3.05) is 6.61 Å². The summed E-state index contributed by atoms with van der Waals surface area (Å²) in [6, 6.07) is 11.0. The first kappa shape index (κ1) is 17.2. The molecule has 0 saturated heterocycles. The van der Waals surface area contributed by atoms with Crippen molar-refractivity contribution < 1.29 is 19.5 Å². The first-order valence-electron chi connectivity index (χ1n) is 7.53. The van der Waals surface area contributed by atoms with Crippen LogP contribution in [0.4, 0.5) is 0 Å². The lowest BCUT2D eigenvalue weighted by atomic mass is 10.0. The van der Waals surface area contributed by atoms with Gasteiger partial charge in [-0.15, -0.1) is 0 Å². The van der Waals surface area contributed by atoms with Crippen molar-refractivity contribution in [1.82, 2.24) is 10.8 Å². The molecule has 1 aromatic heterocycles. The first-order chi connectivity index (χ1) is 11.0. The Balaban J connectivity index is 2.02. The van der Waals surface area contributed by atoms with Gasteiger partial charge in [0.1, 0.15) is 5.76 Å². The van der Waals surface area contributed by atoms with E-state index in [2.05, 4.69) is 19.2 Å². The molecule has 0 radical (unpaired) electrons. The minimum atomic E-state index is -0.680. The molecule has 4 N–H and O–H groups in total. The molecule has 0 aliphatic carbocycles. The lowest BCUT2D eigenvalue weighted by Crippen LogP contribution is -2.36. The molecule has 1 atom stereocenters. The fraction of sp³-hybridized carbons (Fsp3) is 0.353. The van der Waals surface area contributed by atoms with E-state index in [4.69, 9.17) is 9.62 Å². The molecule has 0 aliphatic rings. The van der Waals surface area contributed by atoms with Crippen LogP contribution < -0.4 is 10.8 Å². The molecule has 0 saturated carbocycles. The second-order valence-electron chi connectivity index (χ2n) is 5.72. The molecule has 124 valence electrons. The summed E-state index contributed by atoms with van der Waals surface area (Å²) in [7, 11) is 0. The molecule has 23 heavy (non-hydrogen) atoms. The fourth-order valence-corrected chi connectivity index (χ4v) is 2.22. The van der Waals surface area contributed by atoms with Gasteiger partial charge in [0.2, 0.25) is 0 Å². The Morgan fingerprint density at radius 3 is 2.43 bits per heavy atom. The summed E-state index contributed by atoms with van der Waals surface area (Å²) in [6.45, 7) is 4.90. The van der Waals surface area contributed by atoms with E-state index in [1.807, 2.05) is 24.3 Å². The van der Waals surface area contributed by atoms with Gasteiger partial charge >= 0.3 is 5.91 Å². The molecule has 0 fully saturated rings. The first-order valence-corrected chi connectivity index (χ1v) is 7.53. The molecular weight excluding hydrogens is 296 g/mol. The Bertz CT molecular complexity index is 634. The standard InChI is InChI=1S/C17H22N2O4/c1-11(2)14(10-20)18-9-12-3-5-13(6-4-12)15-7-8-16(23-15)17(21)19-22/h3-8,11,14,18,20,22H,9-10H2,1-2H3,(H,19,21)/t14-/m1/s1. The van der Waals surface area contributed by atoms with Gasteiger partial charge in [0.15, 0.2) is 5.76 Å². The van der Waals surface area contributed by atoms with E-state index in [9.17, 15) is 9.90 Å². The molecule has 0 aliphatic heterocycles. The van der Waals surface area contributed by atoms with E-state index in [1.165, 1.54) is 11.5 Å². The van der Waals surface area contributed by atoms with Gasteiger partial charge in [-0.05, 0) is 23.6 Å². The maximum Gasteiger partial charge on any atom is 0.310 e. The number of benzene rings is 1. The monoisotopic (exact) mass is 318 g/mol. The quantitative estimate of drug-likeness (QED) is 0.464. The Labute approximate surface area is 135 Å². The van der Waals surface area contributed by atoms with Crippen molar-refractivity contribution in [3.8, 4) is 11.3 Å². The highest BCUT2D eigenvalue weighted by atomic mass is 16.5. The van der Waals surface area contributed by atoms with Gasteiger partial charge in [-0.3, -0.25) is 10.0 Å². The molecule has 2 rings (SSSR count). The predicted octanol–water partition coefficient (Wildman–Crippen LogP) is 2.17. The van der Waals surface area contributed by atoms with Crippen LogP contribution in [0.25, 0.3) is 11.3 Å².